The van der Waals surface area contributed by atoms with Gasteiger partial charge < -0.3 is 4.90 Å². The topological polar surface area (TPSA) is 88.4 Å². The van der Waals surface area contributed by atoms with E-state index in [1.165, 1.54) is 30.2 Å². The van der Waals surface area contributed by atoms with Crippen LogP contribution in [0.25, 0.3) is 17.1 Å². The van der Waals surface area contributed by atoms with Crippen molar-refractivity contribution in [3.05, 3.63) is 54.1 Å². The van der Waals surface area contributed by atoms with Crippen molar-refractivity contribution in [3.63, 3.8) is 0 Å². The molecular formula is C23H27N5O3S2. The average molecular weight is 486 g/mol. The van der Waals surface area contributed by atoms with Gasteiger partial charge in [0, 0.05) is 38.4 Å². The second-order valence-corrected chi connectivity index (χ2v) is 11.3. The van der Waals surface area contributed by atoms with Gasteiger partial charge in [0.25, 0.3) is 0 Å². The van der Waals surface area contributed by atoms with Gasteiger partial charge in [-0.05, 0) is 49.6 Å². The normalized spacial score (nSPS) is 14.2. The summed E-state index contributed by atoms with van der Waals surface area (Å²) in [5, 5.41) is 9.35. The summed E-state index contributed by atoms with van der Waals surface area (Å²) >= 11 is 1.34. The Balaban J connectivity index is 1.74. The van der Waals surface area contributed by atoms with E-state index in [0.29, 0.717) is 16.5 Å². The highest BCUT2D eigenvalue weighted by Crippen LogP contribution is 2.30. The van der Waals surface area contributed by atoms with Crippen molar-refractivity contribution < 1.29 is 13.2 Å². The van der Waals surface area contributed by atoms with E-state index in [-0.39, 0.29) is 16.6 Å². The van der Waals surface area contributed by atoms with Gasteiger partial charge in [-0.15, -0.1) is 10.2 Å². The molecule has 2 heterocycles. The average Bonchev–Trinajstić information content (AvgIpc) is 3.48. The molecule has 3 aromatic rings. The summed E-state index contributed by atoms with van der Waals surface area (Å²) in [6, 6.07) is 14.6. The zero-order chi connectivity index (χ0) is 23.6. The molecule has 1 aliphatic heterocycles. The maximum absolute atomic E-state index is 12.7. The molecule has 0 saturated carbocycles. The SMILES string of the molecule is Cc1cccc(-n2c(SCC(=O)N3CCCC3)nnc2-c2cccc(S(=O)(=O)N(C)C)c2)c1. The first kappa shape index (κ1) is 23.5. The second-order valence-electron chi connectivity index (χ2n) is 8.17. The molecule has 1 aromatic heterocycles. The zero-order valence-corrected chi connectivity index (χ0v) is 20.6. The summed E-state index contributed by atoms with van der Waals surface area (Å²) < 4.78 is 28.4. The highest BCUT2D eigenvalue weighted by Gasteiger charge is 2.23. The fraction of sp³-hybridized carbons (Fsp3) is 0.348. The van der Waals surface area contributed by atoms with Crippen molar-refractivity contribution in [1.82, 2.24) is 24.0 Å². The molecule has 0 radical (unpaired) electrons. The van der Waals surface area contributed by atoms with Gasteiger partial charge in [0.15, 0.2) is 11.0 Å². The fourth-order valence-corrected chi connectivity index (χ4v) is 5.54. The Morgan fingerprint density at radius 1 is 1.06 bits per heavy atom. The van der Waals surface area contributed by atoms with Crippen LogP contribution in [0.5, 0.6) is 0 Å². The van der Waals surface area contributed by atoms with Crippen LogP contribution in [0.15, 0.2) is 58.6 Å². The van der Waals surface area contributed by atoms with E-state index in [0.717, 1.165) is 37.2 Å². The molecule has 8 nitrogen and oxygen atoms in total. The molecule has 10 heteroatoms. The Morgan fingerprint density at radius 3 is 2.48 bits per heavy atom. The Kier molecular flexibility index (Phi) is 6.87. The third-order valence-corrected chi connectivity index (χ3v) is 8.27. The van der Waals surface area contributed by atoms with E-state index >= 15 is 0 Å². The van der Waals surface area contributed by atoms with Gasteiger partial charge in [-0.1, -0.05) is 36.0 Å². The van der Waals surface area contributed by atoms with Crippen molar-refractivity contribution in [2.24, 2.45) is 0 Å². The van der Waals surface area contributed by atoms with Crippen LogP contribution in [-0.2, 0) is 14.8 Å². The van der Waals surface area contributed by atoms with Crippen molar-refractivity contribution >= 4 is 27.7 Å². The molecule has 0 atom stereocenters. The van der Waals surface area contributed by atoms with Crippen LogP contribution in [0.3, 0.4) is 0 Å². The molecule has 33 heavy (non-hydrogen) atoms. The predicted molar refractivity (Wildman–Crippen MR) is 129 cm³/mol. The highest BCUT2D eigenvalue weighted by atomic mass is 32.2. The van der Waals surface area contributed by atoms with E-state index in [4.69, 9.17) is 0 Å². The number of benzene rings is 2. The third-order valence-electron chi connectivity index (χ3n) is 5.55. The van der Waals surface area contributed by atoms with Gasteiger partial charge in [0.05, 0.1) is 10.6 Å². The number of hydrogen-bond donors (Lipinski definition) is 0. The largest absolute Gasteiger partial charge is 0.342 e. The first-order valence-electron chi connectivity index (χ1n) is 10.7. The van der Waals surface area contributed by atoms with Gasteiger partial charge in [-0.2, -0.15) is 0 Å². The van der Waals surface area contributed by atoms with Crippen LogP contribution in [0, 0.1) is 6.92 Å². The maximum Gasteiger partial charge on any atom is 0.242 e. The van der Waals surface area contributed by atoms with E-state index in [1.54, 1.807) is 18.2 Å². The van der Waals surface area contributed by atoms with Crippen LogP contribution in [0.4, 0.5) is 0 Å². The standard InChI is InChI=1S/C23H27N5O3S2/c1-17-8-6-10-19(14-17)28-22(18-9-7-11-20(15-18)33(30,31)26(2)3)24-25-23(28)32-16-21(29)27-12-4-5-13-27/h6-11,14-15H,4-5,12-13,16H2,1-3H3. The molecule has 1 aliphatic rings. The van der Waals surface area contributed by atoms with Crippen LogP contribution in [-0.4, -0.2) is 71.2 Å². The molecular weight excluding hydrogens is 458 g/mol. The number of likely N-dealkylation sites (tertiary alicyclic amines) is 1. The van der Waals surface area contributed by atoms with E-state index < -0.39 is 10.0 Å². The molecule has 1 amide bonds. The monoisotopic (exact) mass is 485 g/mol. The number of sulfonamides is 1. The number of thioether (sulfide) groups is 1. The number of rotatable bonds is 7. The molecule has 0 bridgehead atoms. The molecule has 2 aromatic carbocycles. The molecule has 174 valence electrons. The van der Waals surface area contributed by atoms with Crippen molar-refractivity contribution in [2.75, 3.05) is 32.9 Å². The Labute approximate surface area is 198 Å². The Hall–Kier alpha value is -2.69. The second kappa shape index (κ2) is 9.66. The highest BCUT2D eigenvalue weighted by molar-refractivity contribution is 7.99. The van der Waals surface area contributed by atoms with Crippen molar-refractivity contribution in [3.8, 4) is 17.1 Å². The zero-order valence-electron chi connectivity index (χ0n) is 18.9. The fourth-order valence-electron chi connectivity index (χ4n) is 3.74. The van der Waals surface area contributed by atoms with Gasteiger partial charge in [-0.3, -0.25) is 9.36 Å². The number of amides is 1. The Bertz CT molecular complexity index is 1260. The lowest BCUT2D eigenvalue weighted by molar-refractivity contribution is -0.127. The molecule has 0 spiro atoms. The number of nitrogens with zero attached hydrogens (tertiary/aromatic N) is 5. The minimum atomic E-state index is -3.60. The first-order valence-corrected chi connectivity index (χ1v) is 13.2. The van der Waals surface area contributed by atoms with E-state index in [2.05, 4.69) is 10.2 Å². The number of carbonyl (C=O) groups excluding carboxylic acids is 1. The number of hydrogen-bond acceptors (Lipinski definition) is 6. The molecule has 0 unspecified atom stereocenters. The van der Waals surface area contributed by atoms with Crippen LogP contribution in [0.2, 0.25) is 0 Å². The Morgan fingerprint density at radius 2 is 1.79 bits per heavy atom. The summed E-state index contributed by atoms with van der Waals surface area (Å²) in [7, 11) is -0.589. The van der Waals surface area contributed by atoms with Gasteiger partial charge in [-0.25, -0.2) is 12.7 Å². The number of aromatic nitrogens is 3. The number of aryl methyl sites for hydroxylation is 1. The van der Waals surface area contributed by atoms with Gasteiger partial charge in [0.1, 0.15) is 0 Å². The third kappa shape index (κ3) is 4.97. The van der Waals surface area contributed by atoms with Gasteiger partial charge in [0.2, 0.25) is 15.9 Å². The minimum Gasteiger partial charge on any atom is -0.342 e. The van der Waals surface area contributed by atoms with E-state index in [9.17, 15) is 13.2 Å². The lowest BCUT2D eigenvalue weighted by Crippen LogP contribution is -2.29. The molecule has 4 rings (SSSR count). The minimum absolute atomic E-state index is 0.0944. The maximum atomic E-state index is 12.7. The molecule has 1 fully saturated rings. The summed E-state index contributed by atoms with van der Waals surface area (Å²) in [5.74, 6) is 0.892. The molecule has 0 N–H and O–H groups in total. The van der Waals surface area contributed by atoms with Crippen molar-refractivity contribution in [1.29, 1.82) is 0 Å². The summed E-state index contributed by atoms with van der Waals surface area (Å²) in [6.45, 7) is 3.62. The summed E-state index contributed by atoms with van der Waals surface area (Å²) in [4.78, 5) is 14.7. The van der Waals surface area contributed by atoms with Gasteiger partial charge >= 0.3 is 0 Å². The summed E-state index contributed by atoms with van der Waals surface area (Å²) in [6.07, 6.45) is 2.10. The quantitative estimate of drug-likeness (QED) is 0.478. The molecule has 1 saturated heterocycles. The van der Waals surface area contributed by atoms with Crippen molar-refractivity contribution in [2.45, 2.75) is 29.8 Å². The first-order chi connectivity index (χ1) is 15.8. The lowest BCUT2D eigenvalue weighted by atomic mass is 10.2. The smallest absolute Gasteiger partial charge is 0.242 e. The number of carbonyl (C=O) groups is 1. The summed E-state index contributed by atoms with van der Waals surface area (Å²) in [5.41, 5.74) is 2.55. The lowest BCUT2D eigenvalue weighted by Gasteiger charge is -2.15. The predicted octanol–water partition coefficient (Wildman–Crippen LogP) is 3.21. The van der Waals surface area contributed by atoms with Crippen LogP contribution >= 0.6 is 11.8 Å². The molecule has 0 aliphatic carbocycles. The van der Waals surface area contributed by atoms with Crippen LogP contribution < -0.4 is 0 Å². The van der Waals surface area contributed by atoms with Crippen LogP contribution in [0.1, 0.15) is 18.4 Å². The van der Waals surface area contributed by atoms with E-state index in [1.807, 2.05) is 46.7 Å².